The van der Waals surface area contributed by atoms with E-state index in [9.17, 15) is 4.79 Å². The molecule has 0 fully saturated rings. The van der Waals surface area contributed by atoms with Crippen molar-refractivity contribution in [2.45, 2.75) is 5.16 Å². The minimum Gasteiger partial charge on any atom is -0.497 e. The third kappa shape index (κ3) is 5.27. The number of ether oxygens (including phenoxy) is 3. The van der Waals surface area contributed by atoms with Crippen LogP contribution in [0.5, 0.6) is 17.2 Å². The zero-order chi connectivity index (χ0) is 19.1. The van der Waals surface area contributed by atoms with Crippen molar-refractivity contribution >= 4 is 11.8 Å². The average Bonchev–Trinajstić information content (AvgIpc) is 2.71. The first kappa shape index (κ1) is 18.8. The van der Waals surface area contributed by atoms with Crippen LogP contribution in [0.4, 0.5) is 0 Å². The Balaban J connectivity index is 1.59. The number of aromatic nitrogens is 2. The van der Waals surface area contributed by atoms with Crippen molar-refractivity contribution in [3.63, 3.8) is 0 Å². The van der Waals surface area contributed by atoms with Gasteiger partial charge in [-0.25, -0.2) is 4.98 Å². The van der Waals surface area contributed by atoms with Gasteiger partial charge in [0.1, 0.15) is 17.2 Å². The lowest BCUT2D eigenvalue weighted by atomic mass is 10.1. The molecule has 0 radical (unpaired) electrons. The van der Waals surface area contributed by atoms with Gasteiger partial charge in [-0.2, -0.15) is 0 Å². The largest absolute Gasteiger partial charge is 0.497 e. The van der Waals surface area contributed by atoms with Crippen molar-refractivity contribution in [1.82, 2.24) is 9.97 Å². The van der Waals surface area contributed by atoms with E-state index in [2.05, 4.69) is 9.97 Å². The third-order valence-corrected chi connectivity index (χ3v) is 4.59. The molecule has 0 atom stereocenters. The third-order valence-electron chi connectivity index (χ3n) is 3.76. The fourth-order valence-electron chi connectivity index (χ4n) is 2.38. The number of H-pyrrole nitrogens is 1. The molecule has 0 bridgehead atoms. The molecule has 3 aromatic rings. The van der Waals surface area contributed by atoms with Crippen LogP contribution < -0.4 is 19.8 Å². The summed E-state index contributed by atoms with van der Waals surface area (Å²) in [7, 11) is 3.24. The molecular weight excluding hydrogens is 364 g/mol. The fraction of sp³-hybridized carbons (Fsp3) is 0.200. The quantitative estimate of drug-likeness (QED) is 0.363. The maximum atomic E-state index is 11.9. The minimum atomic E-state index is -0.186. The molecule has 3 rings (SSSR count). The van der Waals surface area contributed by atoms with E-state index < -0.39 is 0 Å². The van der Waals surface area contributed by atoms with Gasteiger partial charge in [-0.1, -0.05) is 11.8 Å². The standard InChI is InChI=1S/C20H20N2O4S/c1-24-15-5-3-14(4-6-15)18-13-19(23)22-20(21-18)27-12-11-26-17-9-7-16(25-2)8-10-17/h3-10,13H,11-12H2,1-2H3,(H,21,22,23). The maximum Gasteiger partial charge on any atom is 0.252 e. The molecule has 1 heterocycles. The van der Waals surface area contributed by atoms with Crippen LogP contribution in [0.3, 0.4) is 0 Å². The first-order valence-electron chi connectivity index (χ1n) is 8.33. The predicted molar refractivity (Wildman–Crippen MR) is 106 cm³/mol. The van der Waals surface area contributed by atoms with E-state index in [0.29, 0.717) is 23.2 Å². The summed E-state index contributed by atoms with van der Waals surface area (Å²) in [6, 6.07) is 16.3. The zero-order valence-electron chi connectivity index (χ0n) is 15.1. The Morgan fingerprint density at radius 1 is 0.926 bits per heavy atom. The highest BCUT2D eigenvalue weighted by Gasteiger charge is 2.06. The highest BCUT2D eigenvalue weighted by Crippen LogP contribution is 2.22. The SMILES string of the molecule is COc1ccc(OCCSc2nc(-c3ccc(OC)cc3)cc(=O)[nH]2)cc1. The minimum absolute atomic E-state index is 0.186. The summed E-state index contributed by atoms with van der Waals surface area (Å²) in [5.74, 6) is 2.97. The number of rotatable bonds is 8. The second-order valence-electron chi connectivity index (χ2n) is 5.54. The van der Waals surface area contributed by atoms with E-state index in [-0.39, 0.29) is 5.56 Å². The van der Waals surface area contributed by atoms with Crippen molar-refractivity contribution in [1.29, 1.82) is 0 Å². The fourth-order valence-corrected chi connectivity index (χ4v) is 3.08. The number of hydrogen-bond donors (Lipinski definition) is 1. The summed E-state index contributed by atoms with van der Waals surface area (Å²) in [6.45, 7) is 0.494. The van der Waals surface area contributed by atoms with Gasteiger partial charge in [0.2, 0.25) is 0 Å². The maximum absolute atomic E-state index is 11.9. The zero-order valence-corrected chi connectivity index (χ0v) is 15.9. The van der Waals surface area contributed by atoms with Gasteiger partial charge in [-0.05, 0) is 48.5 Å². The van der Waals surface area contributed by atoms with Gasteiger partial charge >= 0.3 is 0 Å². The summed E-state index contributed by atoms with van der Waals surface area (Å²) in [4.78, 5) is 19.2. The Kier molecular flexibility index (Phi) is 6.38. The molecule has 0 aliphatic carbocycles. The summed E-state index contributed by atoms with van der Waals surface area (Å²) in [5.41, 5.74) is 1.30. The number of nitrogens with one attached hydrogen (secondary N) is 1. The van der Waals surface area contributed by atoms with E-state index in [0.717, 1.165) is 22.8 Å². The van der Waals surface area contributed by atoms with Crippen LogP contribution in [-0.4, -0.2) is 36.5 Å². The number of thioether (sulfide) groups is 1. The molecule has 0 aliphatic heterocycles. The van der Waals surface area contributed by atoms with Gasteiger partial charge in [0, 0.05) is 17.4 Å². The molecular formula is C20H20N2O4S. The lowest BCUT2D eigenvalue weighted by Crippen LogP contribution is -2.09. The van der Waals surface area contributed by atoms with Crippen molar-refractivity contribution in [2.75, 3.05) is 26.6 Å². The monoisotopic (exact) mass is 384 g/mol. The van der Waals surface area contributed by atoms with Crippen LogP contribution in [0.1, 0.15) is 0 Å². The molecule has 0 amide bonds. The highest BCUT2D eigenvalue weighted by atomic mass is 32.2. The van der Waals surface area contributed by atoms with E-state index in [1.165, 1.54) is 17.8 Å². The van der Waals surface area contributed by atoms with E-state index >= 15 is 0 Å². The van der Waals surface area contributed by atoms with Gasteiger partial charge in [-0.15, -0.1) is 0 Å². The molecule has 1 aromatic heterocycles. The summed E-state index contributed by atoms with van der Waals surface area (Å²) >= 11 is 1.44. The van der Waals surface area contributed by atoms with E-state index in [1.54, 1.807) is 14.2 Å². The number of nitrogens with zero attached hydrogens (tertiary/aromatic N) is 1. The molecule has 0 unspecified atom stereocenters. The first-order valence-corrected chi connectivity index (χ1v) is 9.32. The number of benzene rings is 2. The van der Waals surface area contributed by atoms with Crippen molar-refractivity contribution in [3.05, 3.63) is 65.0 Å². The second-order valence-corrected chi connectivity index (χ2v) is 6.62. The number of aromatic amines is 1. The Labute approximate surface area is 161 Å². The van der Waals surface area contributed by atoms with Gasteiger partial charge in [-0.3, -0.25) is 4.79 Å². The predicted octanol–water partition coefficient (Wildman–Crippen LogP) is 3.63. The molecule has 140 valence electrons. The second kappa shape index (κ2) is 9.14. The van der Waals surface area contributed by atoms with Crippen LogP contribution in [0.2, 0.25) is 0 Å². The van der Waals surface area contributed by atoms with Crippen LogP contribution in [0, 0.1) is 0 Å². The molecule has 0 saturated carbocycles. The molecule has 7 heteroatoms. The van der Waals surface area contributed by atoms with Crippen molar-refractivity contribution in [2.24, 2.45) is 0 Å². The molecule has 0 aliphatic rings. The van der Waals surface area contributed by atoms with Gasteiger partial charge in [0.15, 0.2) is 5.16 Å². The number of hydrogen-bond acceptors (Lipinski definition) is 6. The van der Waals surface area contributed by atoms with Crippen LogP contribution in [-0.2, 0) is 0 Å². The first-order chi connectivity index (χ1) is 13.2. The molecule has 27 heavy (non-hydrogen) atoms. The van der Waals surface area contributed by atoms with Crippen molar-refractivity contribution in [3.8, 4) is 28.5 Å². The molecule has 2 aromatic carbocycles. The summed E-state index contributed by atoms with van der Waals surface area (Å²) < 4.78 is 16.0. The Hall–Kier alpha value is -2.93. The average molecular weight is 384 g/mol. The van der Waals surface area contributed by atoms with Gasteiger partial charge < -0.3 is 19.2 Å². The van der Waals surface area contributed by atoms with Crippen LogP contribution >= 0.6 is 11.8 Å². The lowest BCUT2D eigenvalue weighted by molar-refractivity contribution is 0.342. The lowest BCUT2D eigenvalue weighted by Gasteiger charge is -2.07. The number of methoxy groups -OCH3 is 2. The topological polar surface area (TPSA) is 73.4 Å². The van der Waals surface area contributed by atoms with Gasteiger partial charge in [0.25, 0.3) is 5.56 Å². The normalized spacial score (nSPS) is 10.4. The molecule has 1 N–H and O–H groups in total. The molecule has 6 nitrogen and oxygen atoms in total. The van der Waals surface area contributed by atoms with Crippen LogP contribution in [0.25, 0.3) is 11.3 Å². The molecule has 0 saturated heterocycles. The smallest absolute Gasteiger partial charge is 0.252 e. The van der Waals surface area contributed by atoms with E-state index in [4.69, 9.17) is 14.2 Å². The Morgan fingerprint density at radius 2 is 1.52 bits per heavy atom. The highest BCUT2D eigenvalue weighted by molar-refractivity contribution is 7.99. The van der Waals surface area contributed by atoms with Crippen molar-refractivity contribution < 1.29 is 14.2 Å². The Morgan fingerprint density at radius 3 is 2.15 bits per heavy atom. The molecule has 0 spiro atoms. The summed E-state index contributed by atoms with van der Waals surface area (Å²) in [6.07, 6.45) is 0. The Bertz CT molecular complexity index is 924. The van der Waals surface area contributed by atoms with Gasteiger partial charge in [0.05, 0.1) is 26.5 Å². The van der Waals surface area contributed by atoms with Crippen LogP contribution in [0.15, 0.2) is 64.5 Å². The van der Waals surface area contributed by atoms with E-state index in [1.807, 2.05) is 48.5 Å². The summed E-state index contributed by atoms with van der Waals surface area (Å²) in [5, 5.41) is 0.562.